The summed E-state index contributed by atoms with van der Waals surface area (Å²) in [6.07, 6.45) is 0. The highest BCUT2D eigenvalue weighted by molar-refractivity contribution is 6.24. The van der Waals surface area contributed by atoms with Gasteiger partial charge < -0.3 is 13.5 Å². The van der Waals surface area contributed by atoms with Crippen LogP contribution in [0.3, 0.4) is 0 Å². The number of fused-ring (bicyclic) bond motifs is 12. The lowest BCUT2D eigenvalue weighted by Gasteiger charge is -2.12. The fourth-order valence-electron chi connectivity index (χ4n) is 9.93. The van der Waals surface area contributed by atoms with E-state index in [1.165, 1.54) is 110 Å². The predicted octanol–water partition coefficient (Wildman–Crippen LogP) is 14.4. The summed E-state index contributed by atoms with van der Waals surface area (Å²) < 4.78 is 7.32. The van der Waals surface area contributed by atoms with Crippen molar-refractivity contribution in [1.29, 1.82) is 0 Å². The number of para-hydroxylation sites is 6. The molecule has 13 rings (SSSR count). The van der Waals surface area contributed by atoms with Crippen LogP contribution in [0, 0.1) is 0 Å². The van der Waals surface area contributed by atoms with E-state index in [1.807, 2.05) is 0 Å². The Hall–Kier alpha value is -7.62. The minimum atomic E-state index is 1.15. The van der Waals surface area contributed by atoms with Crippen LogP contribution in [0.2, 0.25) is 0 Å². The lowest BCUT2D eigenvalue weighted by Crippen LogP contribution is -1.95. The maximum atomic E-state index is 2.48. The highest BCUT2D eigenvalue weighted by Crippen LogP contribution is 2.44. The van der Waals surface area contributed by atoms with E-state index in [-0.39, 0.29) is 0 Å². The average molecular weight is 724 g/mol. The molecule has 0 spiro atoms. The van der Waals surface area contributed by atoms with Crippen molar-refractivity contribution >= 4 is 81.7 Å². The van der Waals surface area contributed by atoms with E-state index in [0.29, 0.717) is 0 Å². The summed E-state index contributed by atoms with van der Waals surface area (Å²) in [5.41, 5.74) is 15.8. The van der Waals surface area contributed by atoms with Gasteiger partial charge in [-0.05, 0) is 83.4 Å². The Balaban J connectivity index is 1.05. The molecule has 0 radical (unpaired) electrons. The molecule has 0 aliphatic rings. The van der Waals surface area contributed by atoms with Crippen LogP contribution in [0.25, 0.3) is 115 Å². The molecule has 13 aromatic rings. The fourth-order valence-corrected chi connectivity index (χ4v) is 9.93. The lowest BCUT2D eigenvalue weighted by molar-refractivity contribution is 1.18. The van der Waals surface area contributed by atoms with Crippen LogP contribution in [0.5, 0.6) is 0 Å². The van der Waals surface area contributed by atoms with Crippen LogP contribution in [0.4, 0.5) is 0 Å². The summed E-state index contributed by atoms with van der Waals surface area (Å²) in [5, 5.41) is 10.2. The summed E-state index contributed by atoms with van der Waals surface area (Å²) in [6, 6.07) is 73.7. The van der Waals surface area contributed by atoms with E-state index in [1.54, 1.807) is 0 Å². The molecule has 0 fully saturated rings. The minimum absolute atomic E-state index is 1.15. The molecule has 0 aliphatic carbocycles. The zero-order valence-electron chi connectivity index (χ0n) is 30.9. The number of hydrogen-bond donors (Lipinski definition) is 0. The Morgan fingerprint density at radius 1 is 0.246 bits per heavy atom. The summed E-state index contributed by atoms with van der Waals surface area (Å²) in [5.74, 6) is 0. The van der Waals surface area contributed by atoms with Crippen molar-refractivity contribution in [2.24, 2.45) is 0 Å². The molecule has 0 atom stereocenters. The van der Waals surface area contributed by atoms with Gasteiger partial charge in [0.2, 0.25) is 0 Å². The second-order valence-electron chi connectivity index (χ2n) is 15.3. The summed E-state index contributed by atoms with van der Waals surface area (Å²) in [7, 11) is 0. The van der Waals surface area contributed by atoms with Crippen molar-refractivity contribution in [3.63, 3.8) is 0 Å². The molecule has 0 unspecified atom stereocenters. The minimum Gasteiger partial charge on any atom is -0.309 e. The van der Waals surface area contributed by atoms with Crippen LogP contribution in [-0.2, 0) is 0 Å². The molecule has 4 heterocycles. The summed E-state index contributed by atoms with van der Waals surface area (Å²) >= 11 is 0. The molecule has 9 aromatic carbocycles. The van der Waals surface area contributed by atoms with E-state index in [0.717, 1.165) is 5.69 Å². The first kappa shape index (κ1) is 30.7. The maximum Gasteiger partial charge on any atom is 0.0620 e. The lowest BCUT2D eigenvalue weighted by atomic mass is 9.98. The zero-order chi connectivity index (χ0) is 37.2. The van der Waals surface area contributed by atoms with Crippen LogP contribution < -0.4 is 0 Å². The Bertz CT molecular complexity index is 3730. The SMILES string of the molecule is c1ccc(-n2c3ccccc3c3cc(-c4ccc5c(c4)c4cccc(-c6ccc7c8cccc9c%10ccccc%10n(c7c6)c98)c4n5-c4ccccc4)ccc32)cc1. The second-order valence-corrected chi connectivity index (χ2v) is 15.3. The van der Waals surface area contributed by atoms with E-state index in [2.05, 4.69) is 214 Å². The number of hydrogen-bond acceptors (Lipinski definition) is 0. The molecule has 3 heteroatoms. The Labute approximate surface area is 327 Å². The third-order valence-electron chi connectivity index (χ3n) is 12.4. The second kappa shape index (κ2) is 11.5. The van der Waals surface area contributed by atoms with Crippen LogP contribution in [0.1, 0.15) is 0 Å². The third-order valence-corrected chi connectivity index (χ3v) is 12.4. The standard InChI is InChI=1S/C54H33N3/c1-3-13-37(14-4-1)55-48-23-9-8-18-41(48)46-31-34(26-29-50(46)55)35-27-30-51-47(32-35)45-22-11-19-39(53(45)56(51)38-15-5-2-6-16-38)36-25-28-42-44-21-12-20-43-40-17-7-10-24-49(40)57(54(43)44)52(42)33-36/h1-33H. The van der Waals surface area contributed by atoms with Crippen molar-refractivity contribution in [1.82, 2.24) is 13.5 Å². The molecule has 0 saturated heterocycles. The molecule has 4 aromatic heterocycles. The molecular weight excluding hydrogens is 691 g/mol. The fraction of sp³-hybridized carbons (Fsp3) is 0. The number of benzene rings is 9. The molecule has 57 heavy (non-hydrogen) atoms. The molecule has 3 nitrogen and oxygen atoms in total. The van der Waals surface area contributed by atoms with Crippen molar-refractivity contribution in [2.45, 2.75) is 0 Å². The largest absolute Gasteiger partial charge is 0.309 e. The van der Waals surface area contributed by atoms with Crippen LogP contribution in [0.15, 0.2) is 200 Å². The number of aromatic nitrogens is 3. The highest BCUT2D eigenvalue weighted by Gasteiger charge is 2.21. The van der Waals surface area contributed by atoms with Gasteiger partial charge in [-0.1, -0.05) is 133 Å². The molecule has 0 bridgehead atoms. The van der Waals surface area contributed by atoms with E-state index >= 15 is 0 Å². The average Bonchev–Trinajstić information content (AvgIpc) is 4.01. The van der Waals surface area contributed by atoms with Gasteiger partial charge in [-0.3, -0.25) is 0 Å². The van der Waals surface area contributed by atoms with E-state index < -0.39 is 0 Å². The van der Waals surface area contributed by atoms with Gasteiger partial charge in [0, 0.05) is 60.0 Å². The normalized spacial score (nSPS) is 12.2. The van der Waals surface area contributed by atoms with Gasteiger partial charge in [0.1, 0.15) is 0 Å². The van der Waals surface area contributed by atoms with Crippen molar-refractivity contribution in [3.05, 3.63) is 200 Å². The number of rotatable bonds is 4. The molecule has 0 N–H and O–H groups in total. The van der Waals surface area contributed by atoms with E-state index in [4.69, 9.17) is 0 Å². The van der Waals surface area contributed by atoms with Gasteiger partial charge in [-0.2, -0.15) is 0 Å². The van der Waals surface area contributed by atoms with Crippen LogP contribution >= 0.6 is 0 Å². The van der Waals surface area contributed by atoms with Gasteiger partial charge in [0.25, 0.3) is 0 Å². The first-order chi connectivity index (χ1) is 28.3. The summed E-state index contributed by atoms with van der Waals surface area (Å²) in [6.45, 7) is 0. The zero-order valence-corrected chi connectivity index (χ0v) is 30.9. The van der Waals surface area contributed by atoms with Crippen molar-refractivity contribution in [2.75, 3.05) is 0 Å². The van der Waals surface area contributed by atoms with Gasteiger partial charge in [-0.25, -0.2) is 0 Å². The topological polar surface area (TPSA) is 14.3 Å². The molecule has 0 aliphatic heterocycles. The van der Waals surface area contributed by atoms with Crippen LogP contribution in [-0.4, -0.2) is 13.5 Å². The molecular formula is C54H33N3. The Kier molecular flexibility index (Phi) is 6.16. The smallest absolute Gasteiger partial charge is 0.0620 e. The number of nitrogens with zero attached hydrogens (tertiary/aromatic N) is 3. The highest BCUT2D eigenvalue weighted by atomic mass is 15.0. The molecule has 0 amide bonds. The van der Waals surface area contributed by atoms with Crippen molar-refractivity contribution in [3.8, 4) is 33.6 Å². The van der Waals surface area contributed by atoms with E-state index in [9.17, 15) is 0 Å². The first-order valence-corrected chi connectivity index (χ1v) is 19.7. The summed E-state index contributed by atoms with van der Waals surface area (Å²) in [4.78, 5) is 0. The van der Waals surface area contributed by atoms with Gasteiger partial charge in [-0.15, -0.1) is 0 Å². The Morgan fingerprint density at radius 2 is 0.719 bits per heavy atom. The van der Waals surface area contributed by atoms with Gasteiger partial charge >= 0.3 is 0 Å². The third kappa shape index (κ3) is 4.20. The maximum absolute atomic E-state index is 2.48. The first-order valence-electron chi connectivity index (χ1n) is 19.7. The molecule has 0 saturated carbocycles. The van der Waals surface area contributed by atoms with Gasteiger partial charge in [0.15, 0.2) is 0 Å². The predicted molar refractivity (Wildman–Crippen MR) is 241 cm³/mol. The van der Waals surface area contributed by atoms with Crippen molar-refractivity contribution < 1.29 is 0 Å². The quantitative estimate of drug-likeness (QED) is 0.172. The monoisotopic (exact) mass is 723 g/mol. The van der Waals surface area contributed by atoms with Gasteiger partial charge in [0.05, 0.1) is 38.6 Å². The molecule has 264 valence electrons. The Morgan fingerprint density at radius 3 is 1.42 bits per heavy atom.